The molecule has 2 N–H and O–H groups in total. The van der Waals surface area contributed by atoms with Crippen LogP contribution in [0.2, 0.25) is 0 Å². The van der Waals surface area contributed by atoms with Crippen molar-refractivity contribution in [3.8, 4) is 0 Å². The van der Waals surface area contributed by atoms with E-state index in [-0.39, 0.29) is 0 Å². The van der Waals surface area contributed by atoms with Crippen LogP contribution in [0.15, 0.2) is 23.2 Å². The quantitative estimate of drug-likeness (QED) is 0.770. The number of aliphatic imine (C=N–C) groups is 1. The Morgan fingerprint density at radius 1 is 1.14 bits per heavy atom. The minimum absolute atomic E-state index is 0.589. The molecule has 8 nitrogen and oxygen atoms in total. The molecule has 0 aliphatic carbocycles. The van der Waals surface area contributed by atoms with Gasteiger partial charge in [0.1, 0.15) is 0 Å². The van der Waals surface area contributed by atoms with Gasteiger partial charge >= 0.3 is 0 Å². The molecule has 1 aromatic carbocycles. The van der Waals surface area contributed by atoms with E-state index < -0.39 is 0 Å². The summed E-state index contributed by atoms with van der Waals surface area (Å²) in [6.07, 6.45) is 2.16. The zero-order chi connectivity index (χ0) is 20.1. The average molecular weight is 398 g/mol. The molecule has 0 radical (unpaired) electrons. The molecule has 2 aliphatic rings. The molecule has 4 rings (SSSR count). The zero-order valence-electron chi connectivity index (χ0n) is 17.4. The Bertz CT molecular complexity index is 863. The third-order valence-corrected chi connectivity index (χ3v) is 5.54. The van der Waals surface area contributed by atoms with Gasteiger partial charge in [-0.2, -0.15) is 0 Å². The summed E-state index contributed by atoms with van der Waals surface area (Å²) in [5, 5.41) is 7.69. The number of nitrogens with zero attached hydrogens (tertiary/aromatic N) is 5. The lowest BCUT2D eigenvalue weighted by atomic mass is 10.1. The molecule has 8 heteroatoms. The van der Waals surface area contributed by atoms with E-state index in [9.17, 15) is 0 Å². The van der Waals surface area contributed by atoms with E-state index in [0.29, 0.717) is 12.6 Å². The van der Waals surface area contributed by atoms with Crippen LogP contribution in [-0.2, 0) is 11.2 Å². The normalized spacial score (nSPS) is 18.5. The first kappa shape index (κ1) is 20.0. The first-order chi connectivity index (χ1) is 14.2. The van der Waals surface area contributed by atoms with Crippen molar-refractivity contribution in [1.29, 1.82) is 0 Å². The van der Waals surface area contributed by atoms with Crippen LogP contribution in [0.4, 0.5) is 5.95 Å². The maximum Gasteiger partial charge on any atom is 0.230 e. The Kier molecular flexibility index (Phi) is 6.53. The maximum absolute atomic E-state index is 5.40. The van der Waals surface area contributed by atoms with Gasteiger partial charge in [-0.3, -0.25) is 15.1 Å². The van der Waals surface area contributed by atoms with Crippen molar-refractivity contribution in [3.63, 3.8) is 0 Å². The number of aromatic nitrogens is 2. The highest BCUT2D eigenvalue weighted by Crippen LogP contribution is 2.19. The number of benzene rings is 1. The van der Waals surface area contributed by atoms with Crippen LogP contribution >= 0.6 is 0 Å². The highest BCUT2D eigenvalue weighted by atomic mass is 16.5. The van der Waals surface area contributed by atoms with Gasteiger partial charge in [0, 0.05) is 25.0 Å². The maximum atomic E-state index is 5.40. The number of aryl methyl sites for hydroxylation is 2. The van der Waals surface area contributed by atoms with Gasteiger partial charge in [0.25, 0.3) is 0 Å². The van der Waals surface area contributed by atoms with Gasteiger partial charge in [-0.25, -0.2) is 15.0 Å². The summed E-state index contributed by atoms with van der Waals surface area (Å²) in [5.74, 6) is 1.32. The number of morpholine rings is 1. The van der Waals surface area contributed by atoms with Crippen LogP contribution in [0.25, 0.3) is 10.9 Å². The lowest BCUT2D eigenvalue weighted by molar-refractivity contribution is 0.0360. The molecular formula is C21H31N7O. The lowest BCUT2D eigenvalue weighted by Gasteiger charge is -2.29. The van der Waals surface area contributed by atoms with Crippen LogP contribution in [0, 0.1) is 6.92 Å². The fourth-order valence-electron chi connectivity index (χ4n) is 3.75. The molecular weight excluding hydrogens is 366 g/mol. The van der Waals surface area contributed by atoms with Crippen LogP contribution in [0.5, 0.6) is 0 Å². The molecule has 0 unspecified atom stereocenters. The predicted octanol–water partition coefficient (Wildman–Crippen LogP) is 1.81. The third kappa shape index (κ3) is 5.20. The smallest absolute Gasteiger partial charge is 0.230 e. The summed E-state index contributed by atoms with van der Waals surface area (Å²) in [5.41, 5.74) is 3.24. The highest BCUT2D eigenvalue weighted by molar-refractivity contribution is 5.93. The summed E-state index contributed by atoms with van der Waals surface area (Å²) >= 11 is 0. The first-order valence-corrected chi connectivity index (χ1v) is 10.6. The largest absolute Gasteiger partial charge is 0.379 e. The van der Waals surface area contributed by atoms with Crippen molar-refractivity contribution >= 4 is 22.8 Å². The number of nitrogens with one attached hydrogen (secondary N) is 2. The van der Waals surface area contributed by atoms with Crippen molar-refractivity contribution in [1.82, 2.24) is 25.1 Å². The molecule has 156 valence electrons. The van der Waals surface area contributed by atoms with Crippen molar-refractivity contribution in [2.24, 2.45) is 4.99 Å². The van der Waals surface area contributed by atoms with Crippen LogP contribution in [0.1, 0.15) is 24.6 Å². The number of anilines is 1. The van der Waals surface area contributed by atoms with E-state index in [2.05, 4.69) is 60.5 Å². The zero-order valence-corrected chi connectivity index (χ0v) is 17.4. The van der Waals surface area contributed by atoms with Gasteiger partial charge in [0.05, 0.1) is 37.8 Å². The molecule has 0 saturated carbocycles. The van der Waals surface area contributed by atoms with Gasteiger partial charge in [0.15, 0.2) is 0 Å². The number of hydrogen-bond acceptors (Lipinski definition) is 8. The fourth-order valence-corrected chi connectivity index (χ4v) is 3.75. The summed E-state index contributed by atoms with van der Waals surface area (Å²) in [6, 6.07) is 6.38. The molecule has 0 spiro atoms. The van der Waals surface area contributed by atoms with E-state index in [1.807, 2.05) is 6.92 Å². The Morgan fingerprint density at radius 2 is 1.97 bits per heavy atom. The van der Waals surface area contributed by atoms with Crippen molar-refractivity contribution < 1.29 is 4.74 Å². The number of rotatable bonds is 6. The van der Waals surface area contributed by atoms with E-state index in [0.717, 1.165) is 81.5 Å². The monoisotopic (exact) mass is 397 g/mol. The SMILES string of the molecule is CCc1ccc2nc(NC3=NCN(CCCN4CCOCC4)CN3)nc(C)c2c1. The minimum Gasteiger partial charge on any atom is -0.379 e. The van der Waals surface area contributed by atoms with E-state index in [1.54, 1.807) is 0 Å². The average Bonchev–Trinajstić information content (AvgIpc) is 2.75. The number of fused-ring (bicyclic) bond motifs is 1. The molecule has 0 atom stereocenters. The molecule has 2 aromatic rings. The first-order valence-electron chi connectivity index (χ1n) is 10.6. The highest BCUT2D eigenvalue weighted by Gasteiger charge is 2.15. The molecule has 0 bridgehead atoms. The second-order valence-corrected chi connectivity index (χ2v) is 7.65. The Labute approximate surface area is 172 Å². The number of hydrogen-bond donors (Lipinski definition) is 2. The van der Waals surface area contributed by atoms with Gasteiger partial charge in [-0.05, 0) is 44.0 Å². The summed E-state index contributed by atoms with van der Waals surface area (Å²) < 4.78 is 5.40. The van der Waals surface area contributed by atoms with Crippen LogP contribution < -0.4 is 10.6 Å². The van der Waals surface area contributed by atoms with Crippen LogP contribution in [-0.4, -0.2) is 78.5 Å². The van der Waals surface area contributed by atoms with Crippen molar-refractivity contribution in [2.75, 3.05) is 58.0 Å². The standard InChI is InChI=1S/C21H31N7O/c1-3-17-5-6-19-18(13-17)16(2)24-21(25-19)26-20-22-14-28(15-23-20)8-4-7-27-9-11-29-12-10-27/h5-6,13H,3-4,7-12,14-15H2,1-2H3,(H2,22,23,24,25,26). The van der Waals surface area contributed by atoms with Crippen LogP contribution in [0.3, 0.4) is 0 Å². The molecule has 29 heavy (non-hydrogen) atoms. The second kappa shape index (κ2) is 9.47. The molecule has 2 aliphatic heterocycles. The minimum atomic E-state index is 0.589. The summed E-state index contributed by atoms with van der Waals surface area (Å²) in [4.78, 5) is 18.7. The van der Waals surface area contributed by atoms with Crippen molar-refractivity contribution in [2.45, 2.75) is 26.7 Å². The summed E-state index contributed by atoms with van der Waals surface area (Å²) in [6.45, 7) is 11.6. The Hall–Kier alpha value is -2.29. The second-order valence-electron chi connectivity index (χ2n) is 7.65. The molecule has 1 saturated heterocycles. The number of guanidine groups is 1. The molecule has 1 aromatic heterocycles. The topological polar surface area (TPSA) is 77.9 Å². The molecule has 1 fully saturated rings. The summed E-state index contributed by atoms with van der Waals surface area (Å²) in [7, 11) is 0. The van der Waals surface area contributed by atoms with E-state index in [1.165, 1.54) is 5.56 Å². The van der Waals surface area contributed by atoms with Gasteiger partial charge in [-0.1, -0.05) is 13.0 Å². The van der Waals surface area contributed by atoms with E-state index in [4.69, 9.17) is 4.74 Å². The predicted molar refractivity (Wildman–Crippen MR) is 116 cm³/mol. The Balaban J connectivity index is 1.30. The van der Waals surface area contributed by atoms with E-state index >= 15 is 0 Å². The molecule has 3 heterocycles. The lowest BCUT2D eigenvalue weighted by Crippen LogP contribution is -2.47. The van der Waals surface area contributed by atoms with Gasteiger partial charge < -0.3 is 10.1 Å². The van der Waals surface area contributed by atoms with Gasteiger partial charge in [0.2, 0.25) is 11.9 Å². The third-order valence-electron chi connectivity index (χ3n) is 5.54. The van der Waals surface area contributed by atoms with Gasteiger partial charge in [-0.15, -0.1) is 0 Å². The Morgan fingerprint density at radius 3 is 2.72 bits per heavy atom. The molecule has 0 amide bonds. The van der Waals surface area contributed by atoms with Crippen molar-refractivity contribution in [3.05, 3.63) is 29.5 Å². The number of ether oxygens (including phenoxy) is 1. The fraction of sp³-hybridized carbons (Fsp3) is 0.571.